The lowest BCUT2D eigenvalue weighted by Gasteiger charge is -2.27. The SMILES string of the molecule is Cl.O=C([C@H]1CCNC1)N1CCCCCCC1. The largest absolute Gasteiger partial charge is 0.342 e. The number of carbonyl (C=O) groups excluding carboxylic acids is 1. The molecule has 2 aliphatic rings. The number of amides is 1. The lowest BCUT2D eigenvalue weighted by molar-refractivity contribution is -0.135. The Hall–Kier alpha value is -0.280. The molecule has 0 saturated carbocycles. The lowest BCUT2D eigenvalue weighted by atomic mass is 10.0. The van der Waals surface area contributed by atoms with Gasteiger partial charge in [0.15, 0.2) is 0 Å². The van der Waals surface area contributed by atoms with E-state index < -0.39 is 0 Å². The van der Waals surface area contributed by atoms with Gasteiger partial charge in [0.05, 0.1) is 5.92 Å². The summed E-state index contributed by atoms with van der Waals surface area (Å²) in [4.78, 5) is 14.3. The maximum atomic E-state index is 12.2. The van der Waals surface area contributed by atoms with Crippen LogP contribution in [-0.2, 0) is 4.79 Å². The highest BCUT2D eigenvalue weighted by Gasteiger charge is 2.26. The molecule has 2 saturated heterocycles. The molecule has 16 heavy (non-hydrogen) atoms. The van der Waals surface area contributed by atoms with Gasteiger partial charge in [-0.1, -0.05) is 19.3 Å². The zero-order valence-corrected chi connectivity index (χ0v) is 10.7. The fraction of sp³-hybridized carbons (Fsp3) is 0.917. The van der Waals surface area contributed by atoms with Crippen molar-refractivity contribution >= 4 is 18.3 Å². The van der Waals surface area contributed by atoms with Crippen molar-refractivity contribution in [2.45, 2.75) is 38.5 Å². The Labute approximate surface area is 104 Å². The Kier molecular flexibility index (Phi) is 6.14. The van der Waals surface area contributed by atoms with Gasteiger partial charge in [-0.3, -0.25) is 4.79 Å². The standard InChI is InChI=1S/C12H22N2O.ClH/c15-12(11-6-7-13-10-11)14-8-4-2-1-3-5-9-14;/h11,13H,1-10H2;1H/t11-;/m0./s1. The molecule has 1 atom stereocenters. The van der Waals surface area contributed by atoms with Gasteiger partial charge in [0.25, 0.3) is 0 Å². The van der Waals surface area contributed by atoms with Gasteiger partial charge in [0, 0.05) is 19.6 Å². The third-order valence-corrected chi connectivity index (χ3v) is 3.58. The summed E-state index contributed by atoms with van der Waals surface area (Å²) >= 11 is 0. The van der Waals surface area contributed by atoms with Gasteiger partial charge in [0.2, 0.25) is 5.91 Å². The van der Waals surface area contributed by atoms with Crippen LogP contribution in [-0.4, -0.2) is 37.0 Å². The van der Waals surface area contributed by atoms with Crippen molar-refractivity contribution in [2.24, 2.45) is 5.92 Å². The number of hydrogen-bond donors (Lipinski definition) is 1. The van der Waals surface area contributed by atoms with E-state index in [0.29, 0.717) is 5.91 Å². The number of likely N-dealkylation sites (tertiary alicyclic amines) is 1. The molecular formula is C12H23ClN2O. The van der Waals surface area contributed by atoms with Gasteiger partial charge < -0.3 is 10.2 Å². The predicted octanol–water partition coefficient (Wildman–Crippen LogP) is 1.81. The third kappa shape index (κ3) is 3.63. The molecule has 0 aromatic rings. The highest BCUT2D eigenvalue weighted by Crippen LogP contribution is 2.16. The molecule has 3 nitrogen and oxygen atoms in total. The van der Waals surface area contributed by atoms with Crippen LogP contribution in [0, 0.1) is 5.92 Å². The van der Waals surface area contributed by atoms with Crippen LogP contribution in [0.4, 0.5) is 0 Å². The Morgan fingerprint density at radius 3 is 2.25 bits per heavy atom. The van der Waals surface area contributed by atoms with E-state index in [0.717, 1.165) is 32.6 Å². The normalized spacial score (nSPS) is 26.8. The van der Waals surface area contributed by atoms with Crippen LogP contribution in [0.25, 0.3) is 0 Å². The zero-order valence-electron chi connectivity index (χ0n) is 9.91. The second-order valence-electron chi connectivity index (χ2n) is 4.78. The minimum absolute atomic E-state index is 0. The van der Waals surface area contributed by atoms with Crippen LogP contribution >= 0.6 is 12.4 Å². The molecule has 0 bridgehead atoms. The second-order valence-corrected chi connectivity index (χ2v) is 4.78. The molecule has 0 spiro atoms. The van der Waals surface area contributed by atoms with Gasteiger partial charge >= 0.3 is 0 Å². The van der Waals surface area contributed by atoms with Crippen LogP contribution in [0.3, 0.4) is 0 Å². The van der Waals surface area contributed by atoms with Crippen molar-refractivity contribution in [2.75, 3.05) is 26.2 Å². The van der Waals surface area contributed by atoms with Crippen LogP contribution in [0.15, 0.2) is 0 Å². The maximum absolute atomic E-state index is 12.2. The average Bonchev–Trinajstić information content (AvgIpc) is 2.68. The molecule has 2 heterocycles. The molecule has 4 heteroatoms. The van der Waals surface area contributed by atoms with Crippen molar-refractivity contribution in [3.05, 3.63) is 0 Å². The lowest BCUT2D eigenvalue weighted by Crippen LogP contribution is -2.38. The van der Waals surface area contributed by atoms with Crippen LogP contribution in [0.5, 0.6) is 0 Å². The highest BCUT2D eigenvalue weighted by atomic mass is 35.5. The number of carbonyl (C=O) groups is 1. The monoisotopic (exact) mass is 246 g/mol. The van der Waals surface area contributed by atoms with Gasteiger partial charge in [-0.05, 0) is 25.8 Å². The second kappa shape index (κ2) is 7.13. The molecule has 0 aliphatic carbocycles. The summed E-state index contributed by atoms with van der Waals surface area (Å²) in [6.45, 7) is 3.91. The van der Waals surface area contributed by atoms with Crippen molar-refractivity contribution in [3.63, 3.8) is 0 Å². The Morgan fingerprint density at radius 1 is 1.06 bits per heavy atom. The van der Waals surface area contributed by atoms with E-state index in [1.807, 2.05) is 0 Å². The summed E-state index contributed by atoms with van der Waals surface area (Å²) in [6, 6.07) is 0. The maximum Gasteiger partial charge on any atom is 0.227 e. The van der Waals surface area contributed by atoms with Crippen molar-refractivity contribution < 1.29 is 4.79 Å². The summed E-state index contributed by atoms with van der Waals surface area (Å²) in [6.07, 6.45) is 7.39. The van der Waals surface area contributed by atoms with Crippen LogP contribution < -0.4 is 5.32 Å². The first kappa shape index (κ1) is 13.8. The van der Waals surface area contributed by atoms with E-state index >= 15 is 0 Å². The topological polar surface area (TPSA) is 32.3 Å². The van der Waals surface area contributed by atoms with Gasteiger partial charge in [-0.15, -0.1) is 12.4 Å². The molecule has 94 valence electrons. The number of nitrogens with one attached hydrogen (secondary N) is 1. The van der Waals surface area contributed by atoms with Gasteiger partial charge in [-0.2, -0.15) is 0 Å². The minimum Gasteiger partial charge on any atom is -0.342 e. The van der Waals surface area contributed by atoms with E-state index in [2.05, 4.69) is 10.2 Å². The Bertz CT molecular complexity index is 209. The first-order chi connectivity index (χ1) is 7.38. The van der Waals surface area contributed by atoms with Gasteiger partial charge in [0.1, 0.15) is 0 Å². The molecular weight excluding hydrogens is 224 g/mol. The third-order valence-electron chi connectivity index (χ3n) is 3.58. The molecule has 0 aromatic carbocycles. The van der Waals surface area contributed by atoms with E-state index in [1.54, 1.807) is 0 Å². The van der Waals surface area contributed by atoms with Crippen LogP contribution in [0.2, 0.25) is 0 Å². The molecule has 2 rings (SSSR count). The first-order valence-corrected chi connectivity index (χ1v) is 6.37. The van der Waals surface area contributed by atoms with E-state index in [4.69, 9.17) is 0 Å². The summed E-state index contributed by atoms with van der Waals surface area (Å²) in [5.74, 6) is 0.673. The fourth-order valence-corrected chi connectivity index (χ4v) is 2.59. The minimum atomic E-state index is 0. The molecule has 2 fully saturated rings. The number of hydrogen-bond acceptors (Lipinski definition) is 2. The van der Waals surface area contributed by atoms with Crippen LogP contribution in [0.1, 0.15) is 38.5 Å². The van der Waals surface area contributed by atoms with E-state index in [-0.39, 0.29) is 18.3 Å². The highest BCUT2D eigenvalue weighted by molar-refractivity contribution is 5.85. The Morgan fingerprint density at radius 2 is 1.69 bits per heavy atom. The molecule has 2 aliphatic heterocycles. The van der Waals surface area contributed by atoms with Crippen molar-refractivity contribution in [1.29, 1.82) is 0 Å². The number of halogens is 1. The molecule has 0 aromatic heterocycles. The smallest absolute Gasteiger partial charge is 0.227 e. The number of rotatable bonds is 1. The summed E-state index contributed by atoms with van der Waals surface area (Å²) in [5, 5.41) is 3.27. The molecule has 1 N–H and O–H groups in total. The first-order valence-electron chi connectivity index (χ1n) is 6.37. The molecule has 1 amide bonds. The van der Waals surface area contributed by atoms with Crippen molar-refractivity contribution in [1.82, 2.24) is 10.2 Å². The molecule has 0 radical (unpaired) electrons. The number of nitrogens with zero attached hydrogens (tertiary/aromatic N) is 1. The van der Waals surface area contributed by atoms with E-state index in [9.17, 15) is 4.79 Å². The zero-order chi connectivity index (χ0) is 10.5. The summed E-state index contributed by atoms with van der Waals surface area (Å²) < 4.78 is 0. The van der Waals surface area contributed by atoms with Gasteiger partial charge in [-0.25, -0.2) is 0 Å². The summed E-state index contributed by atoms with van der Waals surface area (Å²) in [7, 11) is 0. The predicted molar refractivity (Wildman–Crippen MR) is 67.9 cm³/mol. The van der Waals surface area contributed by atoms with Crippen molar-refractivity contribution in [3.8, 4) is 0 Å². The summed E-state index contributed by atoms with van der Waals surface area (Å²) in [5.41, 5.74) is 0. The molecule has 0 unspecified atom stereocenters. The Balaban J connectivity index is 0.00000128. The fourth-order valence-electron chi connectivity index (χ4n) is 2.59. The van der Waals surface area contributed by atoms with E-state index in [1.165, 1.54) is 32.1 Å². The quantitative estimate of drug-likeness (QED) is 0.766. The average molecular weight is 247 g/mol.